The van der Waals surface area contributed by atoms with Gasteiger partial charge in [-0.1, -0.05) is 25.1 Å². The lowest BCUT2D eigenvalue weighted by molar-refractivity contribution is -0.132. The zero-order valence-electron chi connectivity index (χ0n) is 17.8. The van der Waals surface area contributed by atoms with Crippen LogP contribution in [0.25, 0.3) is 10.6 Å². The van der Waals surface area contributed by atoms with Crippen LogP contribution in [0.5, 0.6) is 11.5 Å². The SMILES string of the molecule is CCC1(c2ccc(F)cc2)NC(=O)N(Cc2csc(-c3cccc(OC)c3OC)n2)C1=O. The molecule has 7 nitrogen and oxygen atoms in total. The van der Waals surface area contributed by atoms with Gasteiger partial charge in [0, 0.05) is 5.38 Å². The highest BCUT2D eigenvalue weighted by molar-refractivity contribution is 7.13. The van der Waals surface area contributed by atoms with Crippen LogP contribution in [0, 0.1) is 5.82 Å². The number of rotatable bonds is 7. The van der Waals surface area contributed by atoms with Crippen molar-refractivity contribution in [2.45, 2.75) is 25.4 Å². The van der Waals surface area contributed by atoms with E-state index in [1.807, 2.05) is 12.1 Å². The fourth-order valence-electron chi connectivity index (χ4n) is 3.86. The van der Waals surface area contributed by atoms with Crippen molar-refractivity contribution in [3.63, 3.8) is 0 Å². The first kappa shape index (κ1) is 21.8. The van der Waals surface area contributed by atoms with Crippen LogP contribution in [-0.4, -0.2) is 36.0 Å². The number of carbonyl (C=O) groups is 2. The topological polar surface area (TPSA) is 80.8 Å². The van der Waals surface area contributed by atoms with Gasteiger partial charge in [0.2, 0.25) is 0 Å². The molecule has 1 unspecified atom stereocenters. The van der Waals surface area contributed by atoms with E-state index in [0.29, 0.717) is 34.2 Å². The maximum Gasteiger partial charge on any atom is 0.325 e. The summed E-state index contributed by atoms with van der Waals surface area (Å²) in [5.74, 6) is 0.358. The molecule has 32 heavy (non-hydrogen) atoms. The Labute approximate surface area is 188 Å². The summed E-state index contributed by atoms with van der Waals surface area (Å²) in [6, 6.07) is 10.6. The highest BCUT2D eigenvalue weighted by Crippen LogP contribution is 2.39. The quantitative estimate of drug-likeness (QED) is 0.537. The zero-order valence-corrected chi connectivity index (χ0v) is 18.7. The van der Waals surface area contributed by atoms with Gasteiger partial charge in [0.05, 0.1) is 32.0 Å². The Kier molecular flexibility index (Phi) is 5.84. The minimum Gasteiger partial charge on any atom is -0.493 e. The molecule has 166 valence electrons. The molecule has 1 aromatic heterocycles. The first-order valence-corrected chi connectivity index (χ1v) is 10.9. The number of hydrogen-bond donors (Lipinski definition) is 1. The van der Waals surface area contributed by atoms with Crippen molar-refractivity contribution >= 4 is 23.3 Å². The average Bonchev–Trinajstić information content (AvgIpc) is 3.37. The van der Waals surface area contributed by atoms with E-state index >= 15 is 0 Å². The second-order valence-electron chi connectivity index (χ2n) is 7.27. The van der Waals surface area contributed by atoms with Gasteiger partial charge in [-0.2, -0.15) is 0 Å². The molecule has 1 atom stereocenters. The molecule has 0 bridgehead atoms. The van der Waals surface area contributed by atoms with Crippen molar-refractivity contribution in [1.29, 1.82) is 0 Å². The summed E-state index contributed by atoms with van der Waals surface area (Å²) in [6.07, 6.45) is 0.336. The normalized spacial score (nSPS) is 18.1. The molecule has 1 N–H and O–H groups in total. The van der Waals surface area contributed by atoms with Crippen LogP contribution in [0.2, 0.25) is 0 Å². The second-order valence-corrected chi connectivity index (χ2v) is 8.13. The molecular formula is C23H22FN3O4S. The maximum absolute atomic E-state index is 13.4. The van der Waals surface area contributed by atoms with Crippen LogP contribution in [0.3, 0.4) is 0 Å². The van der Waals surface area contributed by atoms with Gasteiger partial charge in [-0.3, -0.25) is 9.69 Å². The third-order valence-corrected chi connectivity index (χ3v) is 6.47. The lowest BCUT2D eigenvalue weighted by Crippen LogP contribution is -2.43. The van der Waals surface area contributed by atoms with Gasteiger partial charge in [0.15, 0.2) is 11.5 Å². The number of ether oxygens (including phenoxy) is 2. The van der Waals surface area contributed by atoms with Crippen LogP contribution in [0.1, 0.15) is 24.6 Å². The van der Waals surface area contributed by atoms with Crippen molar-refractivity contribution in [3.05, 3.63) is 64.9 Å². The van der Waals surface area contributed by atoms with Gasteiger partial charge in [-0.25, -0.2) is 14.2 Å². The predicted octanol–water partition coefficient (Wildman–Crippen LogP) is 4.32. The van der Waals surface area contributed by atoms with E-state index in [-0.39, 0.29) is 12.5 Å². The largest absolute Gasteiger partial charge is 0.493 e. The number of imide groups is 1. The maximum atomic E-state index is 13.4. The number of benzene rings is 2. The molecule has 3 aromatic rings. The molecule has 1 aliphatic heterocycles. The molecule has 0 radical (unpaired) electrons. The van der Waals surface area contributed by atoms with Gasteiger partial charge in [-0.05, 0) is 36.2 Å². The van der Waals surface area contributed by atoms with Crippen molar-refractivity contribution in [1.82, 2.24) is 15.2 Å². The number of hydrogen-bond acceptors (Lipinski definition) is 6. The number of nitrogens with one attached hydrogen (secondary N) is 1. The summed E-state index contributed by atoms with van der Waals surface area (Å²) in [5.41, 5.74) is 0.654. The Hall–Kier alpha value is -3.46. The van der Waals surface area contributed by atoms with E-state index in [0.717, 1.165) is 10.5 Å². The number of nitrogens with zero attached hydrogens (tertiary/aromatic N) is 2. The van der Waals surface area contributed by atoms with Crippen molar-refractivity contribution in [2.24, 2.45) is 0 Å². The van der Waals surface area contributed by atoms with Gasteiger partial charge in [-0.15, -0.1) is 11.3 Å². The minimum atomic E-state index is -1.22. The number of urea groups is 1. The van der Waals surface area contributed by atoms with Crippen LogP contribution in [0.4, 0.5) is 9.18 Å². The standard InChI is InChI=1S/C23H22FN3O4S/c1-4-23(14-8-10-15(24)11-9-14)21(28)27(22(29)26-23)12-16-13-32-20(25-16)17-6-5-7-18(30-2)19(17)31-3/h5-11,13H,4,12H2,1-3H3,(H,26,29). The van der Waals surface area contributed by atoms with E-state index < -0.39 is 17.4 Å². The van der Waals surface area contributed by atoms with E-state index in [4.69, 9.17) is 9.47 Å². The lowest BCUT2D eigenvalue weighted by atomic mass is 9.87. The summed E-state index contributed by atoms with van der Waals surface area (Å²) in [5, 5.41) is 5.29. The molecule has 1 saturated heterocycles. The fourth-order valence-corrected chi connectivity index (χ4v) is 4.70. The van der Waals surface area contributed by atoms with Gasteiger partial charge >= 0.3 is 6.03 Å². The van der Waals surface area contributed by atoms with Crippen LogP contribution in [-0.2, 0) is 16.9 Å². The highest BCUT2D eigenvalue weighted by atomic mass is 32.1. The number of aromatic nitrogens is 1. The lowest BCUT2D eigenvalue weighted by Gasteiger charge is -2.25. The molecule has 4 rings (SSSR count). The number of halogens is 1. The summed E-state index contributed by atoms with van der Waals surface area (Å²) in [4.78, 5) is 31.8. The Bertz CT molecular complexity index is 1160. The van der Waals surface area contributed by atoms with E-state index in [2.05, 4.69) is 10.3 Å². The molecule has 9 heteroatoms. The Balaban J connectivity index is 1.61. The van der Waals surface area contributed by atoms with Gasteiger partial charge in [0.25, 0.3) is 5.91 Å². The van der Waals surface area contributed by atoms with Crippen molar-refractivity contribution < 1.29 is 23.5 Å². The summed E-state index contributed by atoms with van der Waals surface area (Å²) in [6.45, 7) is 1.83. The fraction of sp³-hybridized carbons (Fsp3) is 0.261. The van der Waals surface area contributed by atoms with Crippen molar-refractivity contribution in [3.8, 4) is 22.1 Å². The average molecular weight is 456 g/mol. The number of carbonyl (C=O) groups excluding carboxylic acids is 2. The first-order valence-electron chi connectivity index (χ1n) is 9.99. The van der Waals surface area contributed by atoms with E-state index in [9.17, 15) is 14.0 Å². The van der Waals surface area contributed by atoms with Crippen molar-refractivity contribution in [2.75, 3.05) is 14.2 Å². The molecule has 1 fully saturated rings. The molecule has 0 aliphatic carbocycles. The molecule has 3 amide bonds. The van der Waals surface area contributed by atoms with Gasteiger partial charge < -0.3 is 14.8 Å². The number of methoxy groups -OCH3 is 2. The molecule has 2 aromatic carbocycles. The zero-order chi connectivity index (χ0) is 22.9. The first-order chi connectivity index (χ1) is 15.4. The monoisotopic (exact) mass is 455 g/mol. The van der Waals surface area contributed by atoms with Crippen LogP contribution < -0.4 is 14.8 Å². The third-order valence-electron chi connectivity index (χ3n) is 5.55. The number of amides is 3. The van der Waals surface area contributed by atoms with Crippen LogP contribution >= 0.6 is 11.3 Å². The molecule has 0 spiro atoms. The minimum absolute atomic E-state index is 0.0242. The Morgan fingerprint density at radius 1 is 1.12 bits per heavy atom. The second kappa shape index (κ2) is 8.58. The van der Waals surface area contributed by atoms with Crippen LogP contribution in [0.15, 0.2) is 47.8 Å². The summed E-state index contributed by atoms with van der Waals surface area (Å²) < 4.78 is 24.2. The Morgan fingerprint density at radius 2 is 1.88 bits per heavy atom. The van der Waals surface area contributed by atoms with Gasteiger partial charge in [0.1, 0.15) is 16.4 Å². The number of thiazole rings is 1. The molecular weight excluding hydrogens is 433 g/mol. The molecule has 0 saturated carbocycles. The smallest absolute Gasteiger partial charge is 0.325 e. The third kappa shape index (κ3) is 3.58. The number of para-hydroxylation sites is 1. The van der Waals surface area contributed by atoms with E-state index in [1.165, 1.54) is 35.6 Å². The highest BCUT2D eigenvalue weighted by Gasteiger charge is 2.51. The Morgan fingerprint density at radius 3 is 2.53 bits per heavy atom. The molecule has 2 heterocycles. The predicted molar refractivity (Wildman–Crippen MR) is 118 cm³/mol. The molecule has 1 aliphatic rings. The summed E-state index contributed by atoms with van der Waals surface area (Å²) in [7, 11) is 3.12. The van der Waals surface area contributed by atoms with E-state index in [1.54, 1.807) is 32.6 Å². The summed E-state index contributed by atoms with van der Waals surface area (Å²) >= 11 is 1.38.